The molecule has 2 radical (unpaired) electrons. The van der Waals surface area contributed by atoms with Crippen LogP contribution in [0.2, 0.25) is 0 Å². The maximum Gasteiger partial charge on any atom is 0.277 e. The van der Waals surface area contributed by atoms with E-state index in [2.05, 4.69) is 20.2 Å². The van der Waals surface area contributed by atoms with Crippen molar-refractivity contribution in [3.63, 3.8) is 0 Å². The third kappa shape index (κ3) is 2.34. The van der Waals surface area contributed by atoms with Gasteiger partial charge in [-0.05, 0) is 23.8 Å². The molecule has 2 N–H and O–H groups in total. The Kier molecular flexibility index (Phi) is 3.85. The molecular formula is C18H13BO3. The van der Waals surface area contributed by atoms with Crippen LogP contribution in [0.1, 0.15) is 0 Å². The lowest BCUT2D eigenvalue weighted by Crippen LogP contribution is -1.78. The van der Waals surface area contributed by atoms with Gasteiger partial charge in [0.15, 0.2) is 0 Å². The number of hydrogen-bond acceptors (Lipinski definition) is 3. The van der Waals surface area contributed by atoms with E-state index in [4.69, 9.17) is 9.44 Å². The van der Waals surface area contributed by atoms with Gasteiger partial charge in [-0.25, -0.2) is 0 Å². The van der Waals surface area contributed by atoms with Crippen LogP contribution in [0.5, 0.6) is 5.75 Å². The standard InChI is InChI=1S/C18H12O2.BHO/c19-13-10-8-12(9-11-13)14-5-3-6-16-15-4-1-2-7-17(15)20-18(14)16;1-2/h1-11,19H;2H. The quantitative estimate of drug-likeness (QED) is 0.520. The van der Waals surface area contributed by atoms with Crippen molar-refractivity contribution in [2.45, 2.75) is 0 Å². The highest BCUT2D eigenvalue weighted by Gasteiger charge is 2.11. The van der Waals surface area contributed by atoms with Gasteiger partial charge < -0.3 is 14.5 Å². The smallest absolute Gasteiger partial charge is 0.277 e. The average Bonchev–Trinajstić information content (AvgIpc) is 2.96. The van der Waals surface area contributed by atoms with E-state index in [1.807, 2.05) is 42.5 Å². The Morgan fingerprint density at radius 1 is 0.727 bits per heavy atom. The van der Waals surface area contributed by atoms with Gasteiger partial charge in [0, 0.05) is 16.3 Å². The SMILES string of the molecule is Oc1ccc(-c2cccc3c2oc2ccccc23)cc1.[B]O. The van der Waals surface area contributed by atoms with Crippen molar-refractivity contribution in [2.75, 3.05) is 0 Å². The molecule has 0 atom stereocenters. The Bertz CT molecular complexity index is 911. The lowest BCUT2D eigenvalue weighted by Gasteiger charge is -2.02. The van der Waals surface area contributed by atoms with Crippen LogP contribution in [-0.4, -0.2) is 18.2 Å². The van der Waals surface area contributed by atoms with Crippen molar-refractivity contribution >= 4 is 30.0 Å². The molecule has 0 aliphatic carbocycles. The molecule has 1 heterocycles. The molecule has 3 nitrogen and oxygen atoms in total. The predicted octanol–water partition coefficient (Wildman–Crippen LogP) is 4.02. The molecule has 0 aliphatic rings. The molecule has 0 bridgehead atoms. The third-order valence-electron chi connectivity index (χ3n) is 3.58. The maximum absolute atomic E-state index is 9.41. The first-order valence-corrected chi connectivity index (χ1v) is 6.78. The van der Waals surface area contributed by atoms with Gasteiger partial charge >= 0.3 is 0 Å². The molecule has 0 saturated carbocycles. The first-order chi connectivity index (χ1) is 10.8. The molecule has 1 aromatic heterocycles. The molecule has 0 amide bonds. The third-order valence-corrected chi connectivity index (χ3v) is 3.58. The van der Waals surface area contributed by atoms with Gasteiger partial charge in [-0.3, -0.25) is 0 Å². The predicted molar refractivity (Wildman–Crippen MR) is 88.8 cm³/mol. The number of phenolic OH excluding ortho intramolecular Hbond substituents is 1. The van der Waals surface area contributed by atoms with E-state index in [1.54, 1.807) is 12.1 Å². The molecule has 3 aromatic carbocycles. The van der Waals surface area contributed by atoms with E-state index >= 15 is 0 Å². The molecule has 0 fully saturated rings. The number of para-hydroxylation sites is 2. The second-order valence-corrected chi connectivity index (χ2v) is 4.83. The van der Waals surface area contributed by atoms with Gasteiger partial charge in [-0.1, -0.05) is 48.5 Å². The van der Waals surface area contributed by atoms with E-state index in [1.165, 1.54) is 0 Å². The summed E-state index contributed by atoms with van der Waals surface area (Å²) in [5.74, 6) is 0.269. The summed E-state index contributed by atoms with van der Waals surface area (Å²) in [7, 11) is 3.50. The van der Waals surface area contributed by atoms with Crippen molar-refractivity contribution in [2.24, 2.45) is 0 Å². The summed E-state index contributed by atoms with van der Waals surface area (Å²) in [5.41, 5.74) is 3.86. The molecule has 4 rings (SSSR count). The number of benzene rings is 3. The van der Waals surface area contributed by atoms with Crippen LogP contribution in [0.15, 0.2) is 71.1 Å². The zero-order valence-corrected chi connectivity index (χ0v) is 11.7. The van der Waals surface area contributed by atoms with Crippen LogP contribution in [-0.2, 0) is 0 Å². The topological polar surface area (TPSA) is 53.6 Å². The van der Waals surface area contributed by atoms with Gasteiger partial charge in [0.2, 0.25) is 0 Å². The zero-order chi connectivity index (χ0) is 15.5. The van der Waals surface area contributed by atoms with E-state index in [9.17, 15) is 5.11 Å². The fourth-order valence-electron chi connectivity index (χ4n) is 2.62. The first kappa shape index (κ1) is 14.2. The molecular weight excluding hydrogens is 275 g/mol. The molecule has 0 unspecified atom stereocenters. The first-order valence-electron chi connectivity index (χ1n) is 6.78. The lowest BCUT2D eigenvalue weighted by atomic mass is 10.0. The summed E-state index contributed by atoms with van der Waals surface area (Å²) in [6, 6.07) is 21.4. The average molecular weight is 288 g/mol. The second-order valence-electron chi connectivity index (χ2n) is 4.83. The Morgan fingerprint density at radius 3 is 2.18 bits per heavy atom. The van der Waals surface area contributed by atoms with E-state index in [-0.39, 0.29) is 5.75 Å². The molecule has 0 spiro atoms. The summed E-state index contributed by atoms with van der Waals surface area (Å²) in [6.45, 7) is 0. The number of hydrogen-bond donors (Lipinski definition) is 2. The Hall–Kier alpha value is -2.72. The van der Waals surface area contributed by atoms with Crippen LogP contribution in [0.4, 0.5) is 0 Å². The normalized spacial score (nSPS) is 10.4. The highest BCUT2D eigenvalue weighted by atomic mass is 16.3. The van der Waals surface area contributed by atoms with Crippen LogP contribution in [0, 0.1) is 0 Å². The molecule has 106 valence electrons. The van der Waals surface area contributed by atoms with E-state index < -0.39 is 0 Å². The highest BCUT2D eigenvalue weighted by molar-refractivity contribution is 6.09. The molecule has 0 aliphatic heterocycles. The Morgan fingerprint density at radius 2 is 1.41 bits per heavy atom. The Labute approximate surface area is 128 Å². The zero-order valence-electron chi connectivity index (χ0n) is 11.7. The Balaban J connectivity index is 0.000000693. The lowest BCUT2D eigenvalue weighted by molar-refractivity contribution is 0.475. The molecule has 4 aromatic rings. The number of phenols is 1. The maximum atomic E-state index is 9.41. The number of furan rings is 1. The highest BCUT2D eigenvalue weighted by Crippen LogP contribution is 2.35. The van der Waals surface area contributed by atoms with Gasteiger partial charge in [-0.2, -0.15) is 0 Å². The molecule has 0 saturated heterocycles. The van der Waals surface area contributed by atoms with E-state index in [0.29, 0.717) is 0 Å². The van der Waals surface area contributed by atoms with Crippen LogP contribution in [0.3, 0.4) is 0 Å². The minimum Gasteiger partial charge on any atom is -0.508 e. The summed E-state index contributed by atoms with van der Waals surface area (Å²) < 4.78 is 6.01. The summed E-state index contributed by atoms with van der Waals surface area (Å²) in [4.78, 5) is 0. The van der Waals surface area contributed by atoms with Crippen LogP contribution in [0.25, 0.3) is 33.1 Å². The monoisotopic (exact) mass is 288 g/mol. The van der Waals surface area contributed by atoms with Crippen molar-refractivity contribution in [1.29, 1.82) is 0 Å². The number of aromatic hydroxyl groups is 1. The summed E-state index contributed by atoms with van der Waals surface area (Å²) in [6.07, 6.45) is 0. The fourth-order valence-corrected chi connectivity index (χ4v) is 2.62. The van der Waals surface area contributed by atoms with Crippen molar-refractivity contribution < 1.29 is 14.5 Å². The van der Waals surface area contributed by atoms with Gasteiger partial charge in [0.05, 0.1) is 0 Å². The fraction of sp³-hybridized carbons (Fsp3) is 0. The molecule has 4 heteroatoms. The largest absolute Gasteiger partial charge is 0.508 e. The molecule has 22 heavy (non-hydrogen) atoms. The van der Waals surface area contributed by atoms with Crippen molar-refractivity contribution in [3.05, 3.63) is 66.7 Å². The van der Waals surface area contributed by atoms with Gasteiger partial charge in [0.25, 0.3) is 8.05 Å². The summed E-state index contributed by atoms with van der Waals surface area (Å²) in [5, 5.41) is 18.2. The van der Waals surface area contributed by atoms with Gasteiger partial charge in [0.1, 0.15) is 16.9 Å². The minimum atomic E-state index is 0.269. The van der Waals surface area contributed by atoms with Crippen LogP contribution < -0.4 is 0 Å². The van der Waals surface area contributed by atoms with Gasteiger partial charge in [-0.15, -0.1) is 0 Å². The minimum absolute atomic E-state index is 0.269. The van der Waals surface area contributed by atoms with Crippen LogP contribution >= 0.6 is 0 Å². The number of fused-ring (bicyclic) bond motifs is 3. The second kappa shape index (κ2) is 5.96. The van der Waals surface area contributed by atoms with Crippen molar-refractivity contribution in [1.82, 2.24) is 0 Å². The van der Waals surface area contributed by atoms with E-state index in [0.717, 1.165) is 33.1 Å². The van der Waals surface area contributed by atoms with Crippen molar-refractivity contribution in [3.8, 4) is 16.9 Å². The number of rotatable bonds is 1. The summed E-state index contributed by atoms with van der Waals surface area (Å²) >= 11 is 0.